The van der Waals surface area contributed by atoms with E-state index in [0.717, 1.165) is 11.4 Å². The summed E-state index contributed by atoms with van der Waals surface area (Å²) in [6.45, 7) is 3.11. The largest absolute Gasteiger partial charge is 0.335 e. The van der Waals surface area contributed by atoms with Gasteiger partial charge in [0.1, 0.15) is 5.69 Å². The average Bonchev–Trinajstić information content (AvgIpc) is 2.87. The van der Waals surface area contributed by atoms with E-state index in [1.165, 1.54) is 0 Å². The minimum Gasteiger partial charge on any atom is -0.335 e. The molecule has 6 nitrogen and oxygen atoms in total. The van der Waals surface area contributed by atoms with Crippen molar-refractivity contribution in [3.8, 4) is 0 Å². The molecule has 0 aromatic carbocycles. The van der Waals surface area contributed by atoms with E-state index in [2.05, 4.69) is 10.1 Å². The third kappa shape index (κ3) is 2.65. The molecular weight excluding hydrogens is 230 g/mol. The molecule has 0 aliphatic rings. The molecule has 2 aromatic heterocycles. The van der Waals surface area contributed by atoms with Gasteiger partial charge < -0.3 is 10.3 Å². The van der Waals surface area contributed by atoms with E-state index < -0.39 is 0 Å². The molecule has 2 rings (SSSR count). The molecule has 2 N–H and O–H groups in total. The SMILES string of the molecule is Cc1cc(CC(=O)c2cn(CCN)cn2)n(C)n1. The summed E-state index contributed by atoms with van der Waals surface area (Å²) in [5.74, 6) is -0.00577. The number of carbonyl (C=O) groups is 1. The molecule has 0 unspecified atom stereocenters. The predicted molar refractivity (Wildman–Crippen MR) is 67.3 cm³/mol. The topological polar surface area (TPSA) is 78.7 Å². The van der Waals surface area contributed by atoms with Gasteiger partial charge in [0.15, 0.2) is 5.78 Å². The number of carbonyl (C=O) groups excluding carboxylic acids is 1. The molecule has 0 spiro atoms. The van der Waals surface area contributed by atoms with Crippen LogP contribution in [0.25, 0.3) is 0 Å². The van der Waals surface area contributed by atoms with Crippen LogP contribution in [0, 0.1) is 6.92 Å². The molecule has 0 saturated carbocycles. The summed E-state index contributed by atoms with van der Waals surface area (Å²) in [7, 11) is 1.84. The fraction of sp³-hybridized carbons (Fsp3) is 0.417. The minimum absolute atomic E-state index is 0.00577. The summed E-state index contributed by atoms with van der Waals surface area (Å²) in [6, 6.07) is 1.91. The molecule has 0 amide bonds. The average molecular weight is 247 g/mol. The highest BCUT2D eigenvalue weighted by atomic mass is 16.1. The first-order chi connectivity index (χ1) is 8.60. The summed E-state index contributed by atoms with van der Waals surface area (Å²) in [6.07, 6.45) is 3.68. The van der Waals surface area contributed by atoms with Gasteiger partial charge in [-0.05, 0) is 13.0 Å². The van der Waals surface area contributed by atoms with Crippen molar-refractivity contribution >= 4 is 5.78 Å². The number of Topliss-reactive ketones (excluding diaryl/α,β-unsaturated/α-hetero) is 1. The number of ketones is 1. The van der Waals surface area contributed by atoms with Gasteiger partial charge in [-0.3, -0.25) is 9.48 Å². The van der Waals surface area contributed by atoms with Crippen LogP contribution < -0.4 is 5.73 Å². The van der Waals surface area contributed by atoms with E-state index in [4.69, 9.17) is 5.73 Å². The standard InChI is InChI=1S/C12H17N5O/c1-9-5-10(16(2)15-9)6-12(18)11-7-17(4-3-13)8-14-11/h5,7-8H,3-4,6,13H2,1-2H3. The lowest BCUT2D eigenvalue weighted by atomic mass is 10.2. The maximum Gasteiger partial charge on any atom is 0.188 e. The van der Waals surface area contributed by atoms with Gasteiger partial charge in [0.25, 0.3) is 0 Å². The van der Waals surface area contributed by atoms with Gasteiger partial charge in [-0.25, -0.2) is 4.98 Å². The lowest BCUT2D eigenvalue weighted by Crippen LogP contribution is -2.09. The number of hydrogen-bond acceptors (Lipinski definition) is 4. The molecule has 0 aliphatic heterocycles. The number of hydrogen-bond donors (Lipinski definition) is 1. The predicted octanol–water partition coefficient (Wildman–Crippen LogP) is 0.309. The van der Waals surface area contributed by atoms with Crippen LogP contribution in [0.5, 0.6) is 0 Å². The third-order valence-corrected chi connectivity index (χ3v) is 2.75. The van der Waals surface area contributed by atoms with E-state index in [1.54, 1.807) is 17.2 Å². The van der Waals surface area contributed by atoms with Crippen LogP contribution in [0.2, 0.25) is 0 Å². The fourth-order valence-corrected chi connectivity index (χ4v) is 1.86. The highest BCUT2D eigenvalue weighted by Crippen LogP contribution is 2.07. The van der Waals surface area contributed by atoms with E-state index in [1.807, 2.05) is 24.6 Å². The van der Waals surface area contributed by atoms with Crippen molar-refractivity contribution in [1.82, 2.24) is 19.3 Å². The monoisotopic (exact) mass is 247 g/mol. The van der Waals surface area contributed by atoms with Gasteiger partial charge in [0, 0.05) is 32.0 Å². The van der Waals surface area contributed by atoms with Crippen molar-refractivity contribution in [3.63, 3.8) is 0 Å². The number of imidazole rings is 1. The number of nitrogens with zero attached hydrogens (tertiary/aromatic N) is 4. The molecule has 0 saturated heterocycles. The van der Waals surface area contributed by atoms with Crippen LogP contribution in [0.1, 0.15) is 21.9 Å². The smallest absolute Gasteiger partial charge is 0.188 e. The van der Waals surface area contributed by atoms with Crippen molar-refractivity contribution in [2.24, 2.45) is 12.8 Å². The molecular formula is C12H17N5O. The summed E-state index contributed by atoms with van der Waals surface area (Å²) in [5, 5.41) is 4.21. The summed E-state index contributed by atoms with van der Waals surface area (Å²) < 4.78 is 3.55. The van der Waals surface area contributed by atoms with Gasteiger partial charge in [0.2, 0.25) is 0 Å². The fourth-order valence-electron chi connectivity index (χ4n) is 1.86. The lowest BCUT2D eigenvalue weighted by molar-refractivity contribution is 0.0986. The second-order valence-corrected chi connectivity index (χ2v) is 4.29. The first-order valence-corrected chi connectivity index (χ1v) is 5.84. The zero-order valence-electron chi connectivity index (χ0n) is 10.6. The molecule has 6 heteroatoms. The Morgan fingerprint density at radius 2 is 2.28 bits per heavy atom. The first kappa shape index (κ1) is 12.5. The Bertz CT molecular complexity index is 555. The van der Waals surface area contributed by atoms with Crippen molar-refractivity contribution < 1.29 is 4.79 Å². The van der Waals surface area contributed by atoms with Crippen LogP contribution >= 0.6 is 0 Å². The van der Waals surface area contributed by atoms with Crippen LogP contribution in [0.15, 0.2) is 18.6 Å². The Balaban J connectivity index is 2.09. The van der Waals surface area contributed by atoms with E-state index in [0.29, 0.717) is 25.2 Å². The highest BCUT2D eigenvalue weighted by Gasteiger charge is 2.13. The Morgan fingerprint density at radius 3 is 2.89 bits per heavy atom. The Hall–Kier alpha value is -1.95. The van der Waals surface area contributed by atoms with Crippen molar-refractivity contribution in [1.29, 1.82) is 0 Å². The molecule has 0 fully saturated rings. The zero-order valence-corrected chi connectivity index (χ0v) is 10.6. The van der Waals surface area contributed by atoms with Crippen LogP contribution in [0.3, 0.4) is 0 Å². The summed E-state index contributed by atoms with van der Waals surface area (Å²) in [4.78, 5) is 16.1. The second kappa shape index (κ2) is 5.14. The highest BCUT2D eigenvalue weighted by molar-refractivity contribution is 5.95. The molecule has 0 bridgehead atoms. The lowest BCUT2D eigenvalue weighted by Gasteiger charge is -1.99. The minimum atomic E-state index is -0.00577. The van der Waals surface area contributed by atoms with Crippen LogP contribution in [0.4, 0.5) is 0 Å². The zero-order chi connectivity index (χ0) is 13.1. The number of aryl methyl sites for hydroxylation is 2. The third-order valence-electron chi connectivity index (χ3n) is 2.75. The first-order valence-electron chi connectivity index (χ1n) is 5.84. The molecule has 0 aliphatic carbocycles. The normalized spacial score (nSPS) is 10.8. The molecule has 2 heterocycles. The number of aromatic nitrogens is 4. The van der Waals surface area contributed by atoms with Crippen molar-refractivity contribution in [2.75, 3.05) is 6.54 Å². The van der Waals surface area contributed by atoms with Crippen LogP contribution in [-0.2, 0) is 20.0 Å². The molecule has 18 heavy (non-hydrogen) atoms. The Labute approximate surface area is 105 Å². The van der Waals surface area contributed by atoms with Crippen molar-refractivity contribution in [2.45, 2.75) is 19.9 Å². The Morgan fingerprint density at radius 1 is 1.50 bits per heavy atom. The number of nitrogens with two attached hydrogens (primary N) is 1. The van der Waals surface area contributed by atoms with Gasteiger partial charge in [-0.1, -0.05) is 0 Å². The van der Waals surface area contributed by atoms with Gasteiger partial charge in [-0.2, -0.15) is 5.10 Å². The Kier molecular flexibility index (Phi) is 3.57. The summed E-state index contributed by atoms with van der Waals surface area (Å²) in [5.41, 5.74) is 7.73. The second-order valence-electron chi connectivity index (χ2n) is 4.29. The summed E-state index contributed by atoms with van der Waals surface area (Å²) >= 11 is 0. The van der Waals surface area contributed by atoms with Gasteiger partial charge in [0.05, 0.1) is 18.4 Å². The van der Waals surface area contributed by atoms with Crippen molar-refractivity contribution in [3.05, 3.63) is 35.7 Å². The molecule has 96 valence electrons. The molecule has 0 radical (unpaired) electrons. The maximum absolute atomic E-state index is 12.0. The maximum atomic E-state index is 12.0. The number of rotatable bonds is 5. The van der Waals surface area contributed by atoms with E-state index >= 15 is 0 Å². The molecule has 2 aromatic rings. The molecule has 0 atom stereocenters. The van der Waals surface area contributed by atoms with Crippen LogP contribution in [-0.4, -0.2) is 31.7 Å². The van der Waals surface area contributed by atoms with Gasteiger partial charge in [-0.15, -0.1) is 0 Å². The van der Waals surface area contributed by atoms with Gasteiger partial charge >= 0.3 is 0 Å². The van der Waals surface area contributed by atoms with E-state index in [9.17, 15) is 4.79 Å². The van der Waals surface area contributed by atoms with E-state index in [-0.39, 0.29) is 5.78 Å². The quantitative estimate of drug-likeness (QED) is 0.771.